The number of nitriles is 1. The van der Waals surface area contributed by atoms with Gasteiger partial charge in [-0.1, -0.05) is 23.2 Å². The van der Waals surface area contributed by atoms with E-state index < -0.39 is 35.8 Å². The average Bonchev–Trinajstić information content (AvgIpc) is 2.82. The molecule has 0 saturated heterocycles. The minimum atomic E-state index is -4.93. The minimum absolute atomic E-state index is 0.0283. The molecule has 1 amide bonds. The van der Waals surface area contributed by atoms with Crippen LogP contribution in [0, 0.1) is 11.3 Å². The van der Waals surface area contributed by atoms with E-state index >= 15 is 0 Å². The maximum Gasteiger partial charge on any atom is 0.434 e. The predicted molar refractivity (Wildman–Crippen MR) is 122 cm³/mol. The summed E-state index contributed by atoms with van der Waals surface area (Å²) in [5, 5.41) is 17.8. The van der Waals surface area contributed by atoms with Gasteiger partial charge in [-0.05, 0) is 36.4 Å². The molecule has 2 N–H and O–H groups in total. The summed E-state index contributed by atoms with van der Waals surface area (Å²) in [6.45, 7) is -0.797. The molecule has 1 aliphatic heterocycles. The Kier molecular flexibility index (Phi) is 6.87. The number of carbonyl (C=O) groups is 1. The maximum absolute atomic E-state index is 13.6. The largest absolute Gasteiger partial charge is 0.449 e. The highest BCUT2D eigenvalue weighted by atomic mass is 35.5. The van der Waals surface area contributed by atoms with Crippen LogP contribution in [0.15, 0.2) is 58.8 Å². The number of rotatable bonds is 5. The van der Waals surface area contributed by atoms with Crippen molar-refractivity contribution < 1.29 is 22.7 Å². The van der Waals surface area contributed by atoms with Gasteiger partial charge >= 0.3 is 6.18 Å². The van der Waals surface area contributed by atoms with Crippen molar-refractivity contribution in [1.82, 2.24) is 25.4 Å². The van der Waals surface area contributed by atoms with Crippen molar-refractivity contribution in [1.29, 1.82) is 5.26 Å². The second-order valence-corrected chi connectivity index (χ2v) is 8.27. The first-order valence-electron chi connectivity index (χ1n) is 9.99. The molecule has 36 heavy (non-hydrogen) atoms. The number of ether oxygens (including phenoxy) is 1. The van der Waals surface area contributed by atoms with Gasteiger partial charge in [0.1, 0.15) is 5.75 Å². The first kappa shape index (κ1) is 25.0. The first-order valence-corrected chi connectivity index (χ1v) is 10.7. The van der Waals surface area contributed by atoms with Gasteiger partial charge in [-0.3, -0.25) is 14.6 Å². The Morgan fingerprint density at radius 2 is 1.92 bits per heavy atom. The normalized spacial score (nSPS) is 13.9. The Morgan fingerprint density at radius 3 is 2.58 bits per heavy atom. The zero-order valence-corrected chi connectivity index (χ0v) is 19.4. The molecule has 3 heterocycles. The molecule has 0 atom stereocenters. The molecule has 14 heteroatoms. The van der Waals surface area contributed by atoms with Crippen molar-refractivity contribution in [3.05, 3.63) is 85.7 Å². The summed E-state index contributed by atoms with van der Waals surface area (Å²) >= 11 is 11.7. The van der Waals surface area contributed by atoms with Gasteiger partial charge in [0.2, 0.25) is 5.76 Å². The summed E-state index contributed by atoms with van der Waals surface area (Å²) < 4.78 is 46.2. The van der Waals surface area contributed by atoms with Crippen molar-refractivity contribution >= 4 is 29.1 Å². The summed E-state index contributed by atoms with van der Waals surface area (Å²) in [6, 6.07) is 9.81. The van der Waals surface area contributed by atoms with Crippen molar-refractivity contribution in [3.8, 4) is 23.1 Å². The molecule has 3 aromatic rings. The number of alkyl halides is 3. The molecule has 1 aromatic carbocycles. The van der Waals surface area contributed by atoms with Crippen molar-refractivity contribution in [2.75, 3.05) is 6.67 Å². The molecule has 0 bridgehead atoms. The maximum atomic E-state index is 13.6. The highest BCUT2D eigenvalue weighted by Crippen LogP contribution is 2.32. The standard InChI is InChI=1S/C22H13Cl2F3N6O3/c23-12-1-2-17(29-8-12)16-6-14(31-32-20(16)34)9-33-10-30-19(22(25,26)27)18(21(33)35)36-15-4-11(7-28)3-13(24)5-15/h1-6,8,30H,9-10H2,(H,32,34). The minimum Gasteiger partial charge on any atom is -0.449 e. The monoisotopic (exact) mass is 536 g/mol. The van der Waals surface area contributed by atoms with E-state index in [1.54, 1.807) is 6.07 Å². The Labute approximate surface area is 210 Å². The fourth-order valence-corrected chi connectivity index (χ4v) is 3.62. The Balaban J connectivity index is 1.65. The van der Waals surface area contributed by atoms with E-state index in [1.165, 1.54) is 36.5 Å². The van der Waals surface area contributed by atoms with Crippen LogP contribution < -0.4 is 15.6 Å². The number of halogens is 5. The second-order valence-electron chi connectivity index (χ2n) is 7.39. The number of H-pyrrole nitrogens is 1. The zero-order valence-electron chi connectivity index (χ0n) is 17.9. The van der Waals surface area contributed by atoms with Gasteiger partial charge in [0.05, 0.1) is 46.8 Å². The molecule has 0 fully saturated rings. The summed E-state index contributed by atoms with van der Waals surface area (Å²) in [4.78, 5) is 30.4. The molecule has 1 aliphatic rings. The molecule has 0 spiro atoms. The van der Waals surface area contributed by atoms with E-state index in [0.29, 0.717) is 5.02 Å². The zero-order chi connectivity index (χ0) is 26.0. The molecule has 0 radical (unpaired) electrons. The number of nitrogens with one attached hydrogen (secondary N) is 2. The third-order valence-corrected chi connectivity index (χ3v) is 5.31. The van der Waals surface area contributed by atoms with E-state index in [4.69, 9.17) is 33.2 Å². The van der Waals surface area contributed by atoms with Crippen LogP contribution in [-0.2, 0) is 11.3 Å². The predicted octanol–water partition coefficient (Wildman–Crippen LogP) is 3.75. The van der Waals surface area contributed by atoms with Crippen LogP contribution in [0.3, 0.4) is 0 Å². The van der Waals surface area contributed by atoms with Crippen molar-refractivity contribution in [3.63, 3.8) is 0 Å². The number of carbonyl (C=O) groups excluding carboxylic acids is 1. The number of hydrogen-bond donors (Lipinski definition) is 2. The van der Waals surface area contributed by atoms with Gasteiger partial charge in [0, 0.05) is 11.2 Å². The quantitative estimate of drug-likeness (QED) is 0.508. The molecular weight excluding hydrogens is 524 g/mol. The lowest BCUT2D eigenvalue weighted by atomic mass is 10.1. The number of pyridine rings is 1. The first-order chi connectivity index (χ1) is 17.0. The topological polar surface area (TPSA) is 124 Å². The van der Waals surface area contributed by atoms with E-state index in [1.807, 2.05) is 0 Å². The molecule has 0 aliphatic carbocycles. The smallest absolute Gasteiger partial charge is 0.434 e. The molecule has 9 nitrogen and oxygen atoms in total. The van der Waals surface area contributed by atoms with E-state index in [9.17, 15) is 22.8 Å². The molecule has 0 saturated carbocycles. The van der Waals surface area contributed by atoms with Gasteiger partial charge in [-0.15, -0.1) is 0 Å². The summed E-state index contributed by atoms with van der Waals surface area (Å²) in [6.07, 6.45) is -3.59. The summed E-state index contributed by atoms with van der Waals surface area (Å²) in [5.74, 6) is -2.37. The SMILES string of the molecule is N#Cc1cc(Cl)cc(OC2=C(C(F)(F)F)NCN(Cc3cc(-c4ccc(Cl)cn4)c(=O)[nH]n3)C2=O)c1. The highest BCUT2D eigenvalue weighted by molar-refractivity contribution is 6.31. The fraction of sp³-hybridized carbons (Fsp3) is 0.136. The number of hydrogen-bond acceptors (Lipinski definition) is 7. The molecular formula is C22H13Cl2F3N6O3. The lowest BCUT2D eigenvalue weighted by Crippen LogP contribution is -2.49. The van der Waals surface area contributed by atoms with Crippen LogP contribution in [-0.4, -0.2) is 38.8 Å². The number of benzene rings is 1. The van der Waals surface area contributed by atoms with Gasteiger partial charge in [0.25, 0.3) is 11.5 Å². The van der Waals surface area contributed by atoms with Crippen LogP contribution in [0.5, 0.6) is 5.75 Å². The van der Waals surface area contributed by atoms with Crippen molar-refractivity contribution in [2.24, 2.45) is 0 Å². The highest BCUT2D eigenvalue weighted by Gasteiger charge is 2.44. The summed E-state index contributed by atoms with van der Waals surface area (Å²) in [7, 11) is 0. The molecule has 0 unspecified atom stereocenters. The Hall–Kier alpha value is -4.08. The fourth-order valence-electron chi connectivity index (χ4n) is 3.28. The van der Waals surface area contributed by atoms with Crippen molar-refractivity contribution in [2.45, 2.75) is 12.7 Å². The molecule has 4 rings (SSSR count). The van der Waals surface area contributed by atoms with Gasteiger partial charge in [0.15, 0.2) is 5.70 Å². The van der Waals surface area contributed by atoms with Crippen LogP contribution in [0.4, 0.5) is 13.2 Å². The Bertz CT molecular complexity index is 1470. The third-order valence-electron chi connectivity index (χ3n) is 4.87. The average molecular weight is 537 g/mol. The summed E-state index contributed by atoms with van der Waals surface area (Å²) in [5.41, 5.74) is -1.34. The number of amides is 1. The molecule has 184 valence electrons. The molecule has 2 aromatic heterocycles. The number of aromatic amines is 1. The van der Waals surface area contributed by atoms with E-state index in [2.05, 4.69) is 20.5 Å². The van der Waals surface area contributed by atoms with E-state index in [0.717, 1.165) is 11.0 Å². The van der Waals surface area contributed by atoms with Crippen LogP contribution in [0.25, 0.3) is 11.3 Å². The number of aromatic nitrogens is 3. The van der Waals surface area contributed by atoms with Gasteiger partial charge in [-0.25, -0.2) is 5.10 Å². The van der Waals surface area contributed by atoms with Gasteiger partial charge < -0.3 is 15.0 Å². The lowest BCUT2D eigenvalue weighted by Gasteiger charge is -2.31. The number of allylic oxidation sites excluding steroid dienone is 1. The Morgan fingerprint density at radius 1 is 1.14 bits per heavy atom. The van der Waals surface area contributed by atoms with E-state index in [-0.39, 0.29) is 39.8 Å². The van der Waals surface area contributed by atoms with Gasteiger partial charge in [-0.2, -0.15) is 23.5 Å². The van der Waals surface area contributed by atoms with Crippen LogP contribution in [0.2, 0.25) is 10.0 Å². The number of nitrogens with zero attached hydrogens (tertiary/aromatic N) is 4. The second kappa shape index (κ2) is 9.88. The third kappa shape index (κ3) is 5.42. The van der Waals surface area contributed by atoms with Crippen LogP contribution >= 0.6 is 23.2 Å². The lowest BCUT2D eigenvalue weighted by molar-refractivity contribution is -0.137. The van der Waals surface area contributed by atoms with Crippen LogP contribution in [0.1, 0.15) is 11.3 Å².